The van der Waals surface area contributed by atoms with Crippen molar-refractivity contribution in [3.05, 3.63) is 53.7 Å². The van der Waals surface area contributed by atoms with Crippen molar-refractivity contribution in [3.63, 3.8) is 0 Å². The first-order valence-electron chi connectivity index (χ1n) is 8.92. The molecule has 3 aromatic rings. The van der Waals surface area contributed by atoms with Crippen LogP contribution in [-0.4, -0.2) is 50.8 Å². The Hall–Kier alpha value is -4.01. The summed E-state index contributed by atoms with van der Waals surface area (Å²) in [6, 6.07) is 10.6. The van der Waals surface area contributed by atoms with Crippen LogP contribution in [0, 0.1) is 0 Å². The zero-order chi connectivity index (χ0) is 21.5. The number of benzene rings is 2. The summed E-state index contributed by atoms with van der Waals surface area (Å²) in [4.78, 5) is 12.5. The van der Waals surface area contributed by atoms with Crippen LogP contribution in [0.1, 0.15) is 15.9 Å². The molecule has 156 valence electrons. The average Bonchev–Trinajstić information content (AvgIpc) is 3.26. The van der Waals surface area contributed by atoms with Crippen molar-refractivity contribution in [1.29, 1.82) is 0 Å². The maximum atomic E-state index is 12.5. The van der Waals surface area contributed by atoms with E-state index in [0.717, 1.165) is 17.0 Å². The second-order valence-corrected chi connectivity index (χ2v) is 6.04. The van der Waals surface area contributed by atoms with Crippen LogP contribution in [0.3, 0.4) is 0 Å². The van der Waals surface area contributed by atoms with Gasteiger partial charge in [-0.3, -0.25) is 9.89 Å². The van der Waals surface area contributed by atoms with E-state index in [1.807, 2.05) is 24.3 Å². The van der Waals surface area contributed by atoms with Gasteiger partial charge in [-0.05, 0) is 36.4 Å². The number of nitrogens with one attached hydrogen (secondary N) is 2. The van der Waals surface area contributed by atoms with E-state index in [4.69, 9.17) is 18.9 Å². The number of aromatic amines is 1. The van der Waals surface area contributed by atoms with Crippen molar-refractivity contribution in [3.8, 4) is 34.3 Å². The summed E-state index contributed by atoms with van der Waals surface area (Å²) < 4.78 is 21.0. The normalized spacial score (nSPS) is 10.7. The van der Waals surface area contributed by atoms with Gasteiger partial charge in [0.2, 0.25) is 5.75 Å². The highest BCUT2D eigenvalue weighted by molar-refractivity contribution is 5.96. The van der Waals surface area contributed by atoms with Gasteiger partial charge in [0.05, 0.1) is 46.5 Å². The number of carbonyl (C=O) groups is 1. The van der Waals surface area contributed by atoms with Crippen LogP contribution in [-0.2, 0) is 0 Å². The van der Waals surface area contributed by atoms with E-state index in [-0.39, 0.29) is 0 Å². The fourth-order valence-electron chi connectivity index (χ4n) is 2.82. The van der Waals surface area contributed by atoms with E-state index in [0.29, 0.717) is 28.4 Å². The second kappa shape index (κ2) is 9.46. The summed E-state index contributed by atoms with van der Waals surface area (Å²) in [6.07, 6.45) is 3.13. The monoisotopic (exact) mass is 410 g/mol. The van der Waals surface area contributed by atoms with Gasteiger partial charge in [-0.15, -0.1) is 0 Å². The van der Waals surface area contributed by atoms with E-state index < -0.39 is 5.91 Å². The number of amides is 1. The number of aromatic nitrogens is 2. The maximum Gasteiger partial charge on any atom is 0.271 e. The Labute approximate surface area is 173 Å². The molecular formula is C21H22N4O5. The molecule has 1 heterocycles. The average molecular weight is 410 g/mol. The van der Waals surface area contributed by atoms with E-state index >= 15 is 0 Å². The Morgan fingerprint density at radius 3 is 2.23 bits per heavy atom. The molecule has 0 atom stereocenters. The quantitative estimate of drug-likeness (QED) is 0.437. The number of nitrogens with zero attached hydrogens (tertiary/aromatic N) is 2. The second-order valence-electron chi connectivity index (χ2n) is 6.04. The summed E-state index contributed by atoms with van der Waals surface area (Å²) >= 11 is 0. The molecule has 0 fully saturated rings. The van der Waals surface area contributed by atoms with Gasteiger partial charge < -0.3 is 18.9 Å². The third-order valence-corrected chi connectivity index (χ3v) is 4.34. The van der Waals surface area contributed by atoms with Gasteiger partial charge in [-0.1, -0.05) is 0 Å². The molecule has 2 N–H and O–H groups in total. The third kappa shape index (κ3) is 4.35. The maximum absolute atomic E-state index is 12.5. The predicted octanol–water partition coefficient (Wildman–Crippen LogP) is 2.88. The third-order valence-electron chi connectivity index (χ3n) is 4.34. The van der Waals surface area contributed by atoms with E-state index in [1.54, 1.807) is 25.4 Å². The summed E-state index contributed by atoms with van der Waals surface area (Å²) in [5.74, 6) is 1.49. The summed E-state index contributed by atoms with van der Waals surface area (Å²) in [7, 11) is 6.07. The molecule has 0 bridgehead atoms. The largest absolute Gasteiger partial charge is 0.497 e. The number of hydrazone groups is 1. The highest BCUT2D eigenvalue weighted by atomic mass is 16.5. The fourth-order valence-corrected chi connectivity index (χ4v) is 2.82. The minimum Gasteiger partial charge on any atom is -0.497 e. The fraction of sp³-hybridized carbons (Fsp3) is 0.190. The topological polar surface area (TPSA) is 107 Å². The molecule has 1 aromatic heterocycles. The van der Waals surface area contributed by atoms with Crippen LogP contribution in [0.15, 0.2) is 47.7 Å². The molecule has 0 saturated carbocycles. The highest BCUT2D eigenvalue weighted by Gasteiger charge is 2.16. The van der Waals surface area contributed by atoms with E-state index in [9.17, 15) is 4.79 Å². The lowest BCUT2D eigenvalue weighted by Crippen LogP contribution is -2.18. The zero-order valence-electron chi connectivity index (χ0n) is 17.1. The Morgan fingerprint density at radius 1 is 1.00 bits per heavy atom. The Balaban J connectivity index is 1.76. The molecule has 0 aliphatic rings. The molecule has 0 aliphatic heterocycles. The van der Waals surface area contributed by atoms with Crippen molar-refractivity contribution >= 4 is 12.1 Å². The molecule has 0 saturated heterocycles. The first kappa shape index (κ1) is 20.7. The minimum absolute atomic E-state index is 0.309. The molecule has 2 aromatic carbocycles. The number of carbonyl (C=O) groups excluding carboxylic acids is 1. The summed E-state index contributed by atoms with van der Waals surface area (Å²) in [5.41, 5.74) is 5.19. The van der Waals surface area contributed by atoms with Crippen molar-refractivity contribution in [2.75, 3.05) is 28.4 Å². The molecular weight excluding hydrogens is 388 g/mol. The smallest absolute Gasteiger partial charge is 0.271 e. The molecule has 9 heteroatoms. The van der Waals surface area contributed by atoms with Gasteiger partial charge in [0, 0.05) is 16.7 Å². The molecule has 30 heavy (non-hydrogen) atoms. The molecule has 0 aliphatic carbocycles. The van der Waals surface area contributed by atoms with Crippen LogP contribution in [0.2, 0.25) is 0 Å². The lowest BCUT2D eigenvalue weighted by Gasteiger charge is -2.13. The molecule has 0 spiro atoms. The van der Waals surface area contributed by atoms with Gasteiger partial charge in [0.25, 0.3) is 5.91 Å². The zero-order valence-corrected chi connectivity index (χ0v) is 17.1. The Bertz CT molecular complexity index is 1020. The van der Waals surface area contributed by atoms with E-state index in [1.165, 1.54) is 27.5 Å². The Morgan fingerprint density at radius 2 is 1.67 bits per heavy atom. The van der Waals surface area contributed by atoms with Gasteiger partial charge in [0.15, 0.2) is 11.5 Å². The first-order chi connectivity index (χ1) is 14.6. The van der Waals surface area contributed by atoms with Crippen LogP contribution < -0.4 is 24.4 Å². The molecule has 1 amide bonds. The number of hydrogen-bond acceptors (Lipinski definition) is 7. The lowest BCUT2D eigenvalue weighted by molar-refractivity contribution is 0.0954. The van der Waals surface area contributed by atoms with Gasteiger partial charge in [-0.2, -0.15) is 10.2 Å². The van der Waals surface area contributed by atoms with Crippen molar-refractivity contribution in [2.24, 2.45) is 5.10 Å². The van der Waals surface area contributed by atoms with Crippen molar-refractivity contribution in [2.45, 2.75) is 0 Å². The molecule has 0 unspecified atom stereocenters. The van der Waals surface area contributed by atoms with Crippen LogP contribution >= 0.6 is 0 Å². The molecule has 3 rings (SSSR count). The standard InChI is InChI=1S/C21H22N4O5/c1-27-16-7-5-13(6-8-16)19-15(11-22-24-19)12-23-25-21(26)14-9-17(28-2)20(30-4)18(10-14)29-3/h5-12H,1-4H3,(H,22,24)(H,25,26). The number of H-pyrrole nitrogens is 1. The van der Waals surface area contributed by atoms with Crippen LogP contribution in [0.5, 0.6) is 23.0 Å². The van der Waals surface area contributed by atoms with Crippen LogP contribution in [0.4, 0.5) is 0 Å². The molecule has 9 nitrogen and oxygen atoms in total. The lowest BCUT2D eigenvalue weighted by atomic mass is 10.1. The summed E-state index contributed by atoms with van der Waals surface area (Å²) in [6.45, 7) is 0. The SMILES string of the molecule is COc1ccc(-c2[nH]ncc2C=NNC(=O)c2cc(OC)c(OC)c(OC)c2)cc1. The highest BCUT2D eigenvalue weighted by Crippen LogP contribution is 2.38. The predicted molar refractivity (Wildman–Crippen MR) is 112 cm³/mol. The number of ether oxygens (including phenoxy) is 4. The van der Waals surface area contributed by atoms with E-state index in [2.05, 4.69) is 20.7 Å². The van der Waals surface area contributed by atoms with Crippen molar-refractivity contribution in [1.82, 2.24) is 15.6 Å². The van der Waals surface area contributed by atoms with Gasteiger partial charge in [-0.25, -0.2) is 5.43 Å². The number of rotatable bonds is 8. The van der Waals surface area contributed by atoms with Gasteiger partial charge in [0.1, 0.15) is 5.75 Å². The minimum atomic E-state index is -0.431. The number of hydrogen-bond donors (Lipinski definition) is 2. The molecule has 0 radical (unpaired) electrons. The number of methoxy groups -OCH3 is 4. The first-order valence-corrected chi connectivity index (χ1v) is 8.92. The Kier molecular flexibility index (Phi) is 6.53. The van der Waals surface area contributed by atoms with Gasteiger partial charge >= 0.3 is 0 Å². The van der Waals surface area contributed by atoms with Crippen LogP contribution in [0.25, 0.3) is 11.3 Å². The van der Waals surface area contributed by atoms with Crippen molar-refractivity contribution < 1.29 is 23.7 Å². The summed E-state index contributed by atoms with van der Waals surface area (Å²) in [5, 5.41) is 11.0.